The Bertz CT molecular complexity index is 776. The molecule has 1 aliphatic heterocycles. The number of para-hydroxylation sites is 1. The summed E-state index contributed by atoms with van der Waals surface area (Å²) < 4.78 is 27.0. The van der Waals surface area contributed by atoms with Gasteiger partial charge in [0.15, 0.2) is 0 Å². The summed E-state index contributed by atoms with van der Waals surface area (Å²) in [7, 11) is 0. The van der Waals surface area contributed by atoms with E-state index in [1.54, 1.807) is 0 Å². The first-order chi connectivity index (χ1) is 9.99. The maximum atomic E-state index is 13.9. The number of nitrogens with zero attached hydrogens (tertiary/aromatic N) is 1. The highest BCUT2D eigenvalue weighted by Crippen LogP contribution is 2.33. The van der Waals surface area contributed by atoms with Crippen LogP contribution in [-0.2, 0) is 11.3 Å². The van der Waals surface area contributed by atoms with Crippen LogP contribution < -0.4 is 4.90 Å². The number of fused-ring (bicyclic) bond motifs is 1. The zero-order valence-electron chi connectivity index (χ0n) is 10.6. The Morgan fingerprint density at radius 1 is 1.05 bits per heavy atom. The molecule has 0 bridgehead atoms. The van der Waals surface area contributed by atoms with Crippen molar-refractivity contribution >= 4 is 29.0 Å². The molecule has 2 aromatic rings. The van der Waals surface area contributed by atoms with E-state index in [-0.39, 0.29) is 22.8 Å². The van der Waals surface area contributed by atoms with Gasteiger partial charge in [-0.3, -0.25) is 14.5 Å². The maximum absolute atomic E-state index is 13.9. The second-order valence-corrected chi connectivity index (χ2v) is 5.01. The highest BCUT2D eigenvalue weighted by molar-refractivity contribution is 6.52. The number of Topliss-reactive ketones (excluding diaryl/α,β-unsaturated/α-hetero) is 1. The predicted octanol–water partition coefficient (Wildman–Crippen LogP) is 3.35. The molecule has 0 unspecified atom stereocenters. The van der Waals surface area contributed by atoms with Gasteiger partial charge in [-0.05, 0) is 29.8 Å². The van der Waals surface area contributed by atoms with Crippen LogP contribution in [0.1, 0.15) is 15.9 Å². The SMILES string of the molecule is O=C1C(=O)N(Cc2ccc(F)c(Cl)c2)c2c(F)cccc21. The molecule has 1 aliphatic rings. The van der Waals surface area contributed by atoms with Crippen molar-refractivity contribution in [1.82, 2.24) is 0 Å². The van der Waals surface area contributed by atoms with Gasteiger partial charge in [-0.25, -0.2) is 8.78 Å². The van der Waals surface area contributed by atoms with Crippen molar-refractivity contribution in [2.45, 2.75) is 6.54 Å². The number of amides is 1. The van der Waals surface area contributed by atoms with Crippen molar-refractivity contribution in [3.05, 3.63) is 64.2 Å². The first-order valence-corrected chi connectivity index (χ1v) is 6.45. The van der Waals surface area contributed by atoms with E-state index in [2.05, 4.69) is 0 Å². The molecule has 1 heterocycles. The number of carbonyl (C=O) groups is 2. The van der Waals surface area contributed by atoms with Gasteiger partial charge in [-0.2, -0.15) is 0 Å². The third-order valence-corrected chi connectivity index (χ3v) is 3.56. The molecule has 3 rings (SSSR count). The third kappa shape index (κ3) is 2.19. The topological polar surface area (TPSA) is 37.4 Å². The van der Waals surface area contributed by atoms with Gasteiger partial charge in [0.25, 0.3) is 11.7 Å². The lowest BCUT2D eigenvalue weighted by Crippen LogP contribution is -2.29. The molecule has 0 saturated heterocycles. The smallest absolute Gasteiger partial charge is 0.298 e. The predicted molar refractivity (Wildman–Crippen MR) is 73.3 cm³/mol. The van der Waals surface area contributed by atoms with Crippen LogP contribution in [0.15, 0.2) is 36.4 Å². The van der Waals surface area contributed by atoms with Gasteiger partial charge < -0.3 is 0 Å². The monoisotopic (exact) mass is 307 g/mol. The number of carbonyl (C=O) groups excluding carboxylic acids is 2. The molecule has 0 aliphatic carbocycles. The molecule has 1 amide bonds. The Morgan fingerprint density at radius 3 is 2.52 bits per heavy atom. The summed E-state index contributed by atoms with van der Waals surface area (Å²) in [5.74, 6) is -2.80. The van der Waals surface area contributed by atoms with Gasteiger partial charge in [0.2, 0.25) is 0 Å². The fraction of sp³-hybridized carbons (Fsp3) is 0.0667. The first-order valence-electron chi connectivity index (χ1n) is 6.07. The molecule has 2 aromatic carbocycles. The van der Waals surface area contributed by atoms with Gasteiger partial charge >= 0.3 is 0 Å². The molecule has 0 fully saturated rings. The average molecular weight is 308 g/mol. The second-order valence-electron chi connectivity index (χ2n) is 4.60. The molecule has 3 nitrogen and oxygen atoms in total. The molecule has 6 heteroatoms. The minimum atomic E-state index is -0.810. The molecule has 21 heavy (non-hydrogen) atoms. The molecule has 0 spiro atoms. The summed E-state index contributed by atoms with van der Waals surface area (Å²) in [6, 6.07) is 7.87. The number of hydrogen-bond donors (Lipinski definition) is 0. The Morgan fingerprint density at radius 2 is 1.81 bits per heavy atom. The summed E-state index contributed by atoms with van der Waals surface area (Å²) in [5.41, 5.74) is 0.486. The van der Waals surface area contributed by atoms with Crippen molar-refractivity contribution in [2.24, 2.45) is 0 Å². The van der Waals surface area contributed by atoms with E-state index in [9.17, 15) is 18.4 Å². The Hall–Kier alpha value is -2.27. The summed E-state index contributed by atoms with van der Waals surface area (Å²) >= 11 is 5.68. The molecule has 0 aromatic heterocycles. The average Bonchev–Trinajstić information content (AvgIpc) is 2.69. The summed E-state index contributed by atoms with van der Waals surface area (Å²) in [5, 5.41) is -0.0979. The normalized spacial score (nSPS) is 13.8. The molecular weight excluding hydrogens is 300 g/mol. The largest absolute Gasteiger partial charge is 0.299 e. The van der Waals surface area contributed by atoms with Crippen molar-refractivity contribution in [1.29, 1.82) is 0 Å². The zero-order valence-corrected chi connectivity index (χ0v) is 11.3. The fourth-order valence-corrected chi connectivity index (χ4v) is 2.49. The highest BCUT2D eigenvalue weighted by Gasteiger charge is 2.37. The molecular formula is C15H8ClF2NO2. The van der Waals surface area contributed by atoms with E-state index in [0.717, 1.165) is 11.0 Å². The molecule has 0 atom stereocenters. The lowest BCUT2D eigenvalue weighted by Gasteiger charge is -2.17. The second kappa shape index (κ2) is 4.93. The Labute approximate surface area is 123 Å². The summed E-state index contributed by atoms with van der Waals surface area (Å²) in [6.07, 6.45) is 0. The summed E-state index contributed by atoms with van der Waals surface area (Å²) in [6.45, 7) is -0.0570. The minimum Gasteiger partial charge on any atom is -0.298 e. The zero-order chi connectivity index (χ0) is 15.1. The van der Waals surface area contributed by atoms with Gasteiger partial charge in [0.1, 0.15) is 11.6 Å². The van der Waals surface area contributed by atoms with Gasteiger partial charge in [0.05, 0.1) is 22.8 Å². The van der Waals surface area contributed by atoms with E-state index in [0.29, 0.717) is 5.56 Å². The van der Waals surface area contributed by atoms with Gasteiger partial charge in [0, 0.05) is 0 Å². The lowest BCUT2D eigenvalue weighted by atomic mass is 10.1. The van der Waals surface area contributed by atoms with Crippen LogP contribution in [0.2, 0.25) is 5.02 Å². The van der Waals surface area contributed by atoms with Crippen molar-refractivity contribution in [3.8, 4) is 0 Å². The first kappa shape index (κ1) is 13.7. The van der Waals surface area contributed by atoms with Crippen LogP contribution in [0.3, 0.4) is 0 Å². The van der Waals surface area contributed by atoms with E-state index < -0.39 is 23.3 Å². The lowest BCUT2D eigenvalue weighted by molar-refractivity contribution is -0.114. The summed E-state index contributed by atoms with van der Waals surface area (Å²) in [4.78, 5) is 24.8. The number of ketones is 1. The van der Waals surface area contributed by atoms with E-state index in [1.165, 1.54) is 30.3 Å². The number of hydrogen-bond acceptors (Lipinski definition) is 2. The van der Waals surface area contributed by atoms with Crippen molar-refractivity contribution in [3.63, 3.8) is 0 Å². The van der Waals surface area contributed by atoms with Crippen LogP contribution in [0.5, 0.6) is 0 Å². The van der Waals surface area contributed by atoms with Crippen molar-refractivity contribution < 1.29 is 18.4 Å². The van der Waals surface area contributed by atoms with Crippen LogP contribution in [0.4, 0.5) is 14.5 Å². The number of benzene rings is 2. The number of rotatable bonds is 2. The van der Waals surface area contributed by atoms with Crippen molar-refractivity contribution in [2.75, 3.05) is 4.90 Å². The standard InChI is InChI=1S/C15H8ClF2NO2/c16-10-6-8(4-5-11(10)17)7-19-13-9(14(20)15(19)21)2-1-3-12(13)18/h1-6H,7H2. The van der Waals surface area contributed by atoms with Crippen LogP contribution in [0, 0.1) is 11.6 Å². The maximum Gasteiger partial charge on any atom is 0.299 e. The number of anilines is 1. The van der Waals surface area contributed by atoms with Crippen LogP contribution >= 0.6 is 11.6 Å². The molecule has 106 valence electrons. The minimum absolute atomic E-state index is 0.0354. The Balaban J connectivity index is 2.02. The third-order valence-electron chi connectivity index (χ3n) is 3.27. The van der Waals surface area contributed by atoms with E-state index >= 15 is 0 Å². The molecule has 0 radical (unpaired) electrons. The van der Waals surface area contributed by atoms with E-state index in [4.69, 9.17) is 11.6 Å². The molecule has 0 N–H and O–H groups in total. The van der Waals surface area contributed by atoms with E-state index in [1.807, 2.05) is 0 Å². The van der Waals surface area contributed by atoms with Crippen LogP contribution in [-0.4, -0.2) is 11.7 Å². The fourth-order valence-electron chi connectivity index (χ4n) is 2.28. The quantitative estimate of drug-likeness (QED) is 0.798. The molecule has 0 saturated carbocycles. The van der Waals surface area contributed by atoms with Gasteiger partial charge in [-0.15, -0.1) is 0 Å². The van der Waals surface area contributed by atoms with Crippen LogP contribution in [0.25, 0.3) is 0 Å². The van der Waals surface area contributed by atoms with Gasteiger partial charge in [-0.1, -0.05) is 23.7 Å². The Kier molecular flexibility index (Phi) is 3.22. The number of halogens is 3. The highest BCUT2D eigenvalue weighted by atomic mass is 35.5.